The quantitative estimate of drug-likeness (QED) is 0.692. The molecule has 1 heterocycles. The van der Waals surface area contributed by atoms with E-state index in [0.717, 1.165) is 6.42 Å². The van der Waals surface area contributed by atoms with Crippen LogP contribution in [0, 0.1) is 11.8 Å². The van der Waals surface area contributed by atoms with Crippen molar-refractivity contribution in [2.45, 2.75) is 25.8 Å². The van der Waals surface area contributed by atoms with Crippen LogP contribution < -0.4 is 5.32 Å². The molecule has 17 heavy (non-hydrogen) atoms. The first-order valence-electron chi connectivity index (χ1n) is 5.80. The Labute approximate surface area is 99.0 Å². The number of carbonyl (C=O) groups is 3. The molecule has 2 amide bonds. The van der Waals surface area contributed by atoms with E-state index in [2.05, 4.69) is 5.32 Å². The van der Waals surface area contributed by atoms with E-state index in [9.17, 15) is 14.4 Å². The van der Waals surface area contributed by atoms with Gasteiger partial charge in [-0.2, -0.15) is 0 Å². The standard InChI is InChI=1S/C11H16N2O4/c1-6-4-7(6)11(17)13-3-2-12-10(16)8(13)5-9(14)15/h6-8H,2-5H2,1H3,(H,12,16)(H,14,15). The first-order chi connectivity index (χ1) is 8.00. The summed E-state index contributed by atoms with van der Waals surface area (Å²) in [5.41, 5.74) is 0. The van der Waals surface area contributed by atoms with Crippen LogP contribution in [-0.4, -0.2) is 46.9 Å². The van der Waals surface area contributed by atoms with Crippen molar-refractivity contribution < 1.29 is 19.5 Å². The third-order valence-corrected chi connectivity index (χ3v) is 3.41. The van der Waals surface area contributed by atoms with E-state index in [1.807, 2.05) is 6.92 Å². The third kappa shape index (κ3) is 2.40. The number of nitrogens with zero attached hydrogens (tertiary/aromatic N) is 1. The molecule has 2 rings (SSSR count). The van der Waals surface area contributed by atoms with Crippen LogP contribution >= 0.6 is 0 Å². The summed E-state index contributed by atoms with van der Waals surface area (Å²) in [7, 11) is 0. The maximum Gasteiger partial charge on any atom is 0.305 e. The minimum Gasteiger partial charge on any atom is -0.481 e. The molecule has 2 fully saturated rings. The van der Waals surface area contributed by atoms with Crippen molar-refractivity contribution in [2.75, 3.05) is 13.1 Å². The maximum absolute atomic E-state index is 12.1. The van der Waals surface area contributed by atoms with Crippen LogP contribution in [0.2, 0.25) is 0 Å². The Morgan fingerprint density at radius 3 is 2.71 bits per heavy atom. The van der Waals surface area contributed by atoms with Crippen LogP contribution in [0.1, 0.15) is 19.8 Å². The van der Waals surface area contributed by atoms with Crippen LogP contribution in [0.5, 0.6) is 0 Å². The molecule has 1 aliphatic carbocycles. The number of hydrogen-bond acceptors (Lipinski definition) is 3. The van der Waals surface area contributed by atoms with Crippen molar-refractivity contribution in [3.05, 3.63) is 0 Å². The fraction of sp³-hybridized carbons (Fsp3) is 0.727. The van der Waals surface area contributed by atoms with Crippen molar-refractivity contribution in [3.63, 3.8) is 0 Å². The van der Waals surface area contributed by atoms with E-state index in [1.165, 1.54) is 4.90 Å². The summed E-state index contributed by atoms with van der Waals surface area (Å²) < 4.78 is 0. The highest BCUT2D eigenvalue weighted by molar-refractivity contribution is 5.93. The highest BCUT2D eigenvalue weighted by Crippen LogP contribution is 2.39. The summed E-state index contributed by atoms with van der Waals surface area (Å²) in [6, 6.07) is -0.846. The van der Waals surface area contributed by atoms with Gasteiger partial charge in [0.1, 0.15) is 6.04 Å². The average molecular weight is 240 g/mol. The molecule has 6 nitrogen and oxygen atoms in total. The molecule has 3 unspecified atom stereocenters. The van der Waals surface area contributed by atoms with E-state index in [4.69, 9.17) is 5.11 Å². The zero-order chi connectivity index (χ0) is 12.6. The van der Waals surface area contributed by atoms with Crippen molar-refractivity contribution >= 4 is 17.8 Å². The second-order valence-electron chi connectivity index (χ2n) is 4.76. The van der Waals surface area contributed by atoms with Gasteiger partial charge in [0, 0.05) is 19.0 Å². The second kappa shape index (κ2) is 4.35. The normalized spacial score (nSPS) is 31.9. The molecule has 0 radical (unpaired) electrons. The minimum atomic E-state index is -1.06. The number of amides is 2. The lowest BCUT2D eigenvalue weighted by Crippen LogP contribution is -2.58. The van der Waals surface area contributed by atoms with Crippen molar-refractivity contribution in [2.24, 2.45) is 11.8 Å². The summed E-state index contributed by atoms with van der Waals surface area (Å²) in [5, 5.41) is 11.4. The minimum absolute atomic E-state index is 0.0165. The predicted octanol–water partition coefficient (Wildman–Crippen LogP) is -0.556. The van der Waals surface area contributed by atoms with Crippen LogP contribution in [0.3, 0.4) is 0 Å². The van der Waals surface area contributed by atoms with Gasteiger partial charge in [-0.3, -0.25) is 14.4 Å². The van der Waals surface area contributed by atoms with Gasteiger partial charge in [0.15, 0.2) is 0 Å². The lowest BCUT2D eigenvalue weighted by molar-refractivity contribution is -0.149. The van der Waals surface area contributed by atoms with Crippen LogP contribution in [-0.2, 0) is 14.4 Å². The highest BCUT2D eigenvalue weighted by Gasteiger charge is 2.45. The molecule has 1 aliphatic heterocycles. The molecule has 94 valence electrons. The molecule has 2 N–H and O–H groups in total. The third-order valence-electron chi connectivity index (χ3n) is 3.41. The monoisotopic (exact) mass is 240 g/mol. The first kappa shape index (κ1) is 11.9. The lowest BCUT2D eigenvalue weighted by Gasteiger charge is -2.34. The molecule has 2 aliphatic rings. The number of nitrogens with one attached hydrogen (secondary N) is 1. The second-order valence-corrected chi connectivity index (χ2v) is 4.76. The van der Waals surface area contributed by atoms with Gasteiger partial charge in [0.2, 0.25) is 11.8 Å². The number of carboxylic acid groups (broad SMARTS) is 1. The molecule has 0 spiro atoms. The van der Waals surface area contributed by atoms with E-state index >= 15 is 0 Å². The number of carbonyl (C=O) groups excluding carboxylic acids is 2. The molecule has 0 aromatic rings. The summed E-state index contributed by atoms with van der Waals surface area (Å²) >= 11 is 0. The van der Waals surface area contributed by atoms with Crippen LogP contribution in [0.4, 0.5) is 0 Å². The smallest absolute Gasteiger partial charge is 0.305 e. The fourth-order valence-electron chi connectivity index (χ4n) is 2.23. The molecule has 6 heteroatoms. The van der Waals surface area contributed by atoms with Gasteiger partial charge in [-0.1, -0.05) is 6.92 Å². The van der Waals surface area contributed by atoms with Crippen LogP contribution in [0.15, 0.2) is 0 Å². The average Bonchev–Trinajstić information content (AvgIpc) is 2.97. The number of aliphatic carboxylic acids is 1. The maximum atomic E-state index is 12.1. The van der Waals surface area contributed by atoms with Gasteiger partial charge in [-0.25, -0.2) is 0 Å². The summed E-state index contributed by atoms with van der Waals surface area (Å²) in [5.74, 6) is -1.15. The molecule has 0 aromatic heterocycles. The van der Waals surface area contributed by atoms with Gasteiger partial charge in [0.05, 0.1) is 6.42 Å². The van der Waals surface area contributed by atoms with E-state index in [-0.39, 0.29) is 24.2 Å². The van der Waals surface area contributed by atoms with Crippen molar-refractivity contribution in [1.29, 1.82) is 0 Å². The Balaban J connectivity index is 2.08. The molecular weight excluding hydrogens is 224 g/mol. The van der Waals surface area contributed by atoms with E-state index in [1.54, 1.807) is 0 Å². The fourth-order valence-corrected chi connectivity index (χ4v) is 2.23. The zero-order valence-corrected chi connectivity index (χ0v) is 9.68. The number of carboxylic acids is 1. The van der Waals surface area contributed by atoms with Crippen molar-refractivity contribution in [1.82, 2.24) is 10.2 Å². The first-order valence-corrected chi connectivity index (χ1v) is 5.80. The topological polar surface area (TPSA) is 86.7 Å². The predicted molar refractivity (Wildman–Crippen MR) is 58.0 cm³/mol. The van der Waals surface area contributed by atoms with Gasteiger partial charge in [0.25, 0.3) is 0 Å². The molecule has 1 saturated carbocycles. The van der Waals surface area contributed by atoms with Gasteiger partial charge >= 0.3 is 5.97 Å². The molecule has 0 bridgehead atoms. The van der Waals surface area contributed by atoms with Gasteiger partial charge in [-0.15, -0.1) is 0 Å². The number of hydrogen-bond donors (Lipinski definition) is 2. The molecular formula is C11H16N2O4. The Kier molecular flexibility index (Phi) is 3.04. The molecule has 3 atom stereocenters. The summed E-state index contributed by atoms with van der Waals surface area (Å²) in [6.45, 7) is 2.80. The Morgan fingerprint density at radius 1 is 1.53 bits per heavy atom. The number of rotatable bonds is 3. The highest BCUT2D eigenvalue weighted by atomic mass is 16.4. The molecule has 1 saturated heterocycles. The number of piperazine rings is 1. The molecule has 0 aromatic carbocycles. The van der Waals surface area contributed by atoms with Gasteiger partial charge < -0.3 is 15.3 Å². The van der Waals surface area contributed by atoms with E-state index in [0.29, 0.717) is 19.0 Å². The zero-order valence-electron chi connectivity index (χ0n) is 9.68. The Bertz CT molecular complexity index is 368. The Hall–Kier alpha value is -1.59. The Morgan fingerprint density at radius 2 is 2.18 bits per heavy atom. The lowest BCUT2D eigenvalue weighted by atomic mass is 10.1. The van der Waals surface area contributed by atoms with E-state index < -0.39 is 12.0 Å². The summed E-state index contributed by atoms with van der Waals surface area (Å²) in [4.78, 5) is 35.8. The van der Waals surface area contributed by atoms with Crippen LogP contribution in [0.25, 0.3) is 0 Å². The largest absolute Gasteiger partial charge is 0.481 e. The summed E-state index contributed by atoms with van der Waals surface area (Å²) in [6.07, 6.45) is 0.523. The SMILES string of the molecule is CC1CC1C(=O)N1CCNC(=O)C1CC(=O)O. The van der Waals surface area contributed by atoms with Gasteiger partial charge in [-0.05, 0) is 12.3 Å². The van der Waals surface area contributed by atoms with Crippen molar-refractivity contribution in [3.8, 4) is 0 Å².